The van der Waals surface area contributed by atoms with Crippen molar-refractivity contribution in [2.75, 3.05) is 0 Å². The van der Waals surface area contributed by atoms with Gasteiger partial charge in [-0.3, -0.25) is 4.79 Å². The fourth-order valence-corrected chi connectivity index (χ4v) is 5.96. The number of rotatable bonds is 1. The standard InChI is InChI=1S/C23H25NO4/c1-21-9-8-19(25)22(2,20(26)27)23(21,28)10-7-13-11-18-15(12-16(13)21)14-5-3-4-6-17(14)24-18/h3-6,11-12,19,24-25,28H,7-10H2,1-2H3,(H,26,27). The second-order valence-corrected chi connectivity index (χ2v) is 8.98. The van der Waals surface area contributed by atoms with E-state index in [1.165, 1.54) is 6.92 Å². The summed E-state index contributed by atoms with van der Waals surface area (Å²) in [4.78, 5) is 15.7. The Labute approximate surface area is 163 Å². The number of H-pyrrole nitrogens is 1. The zero-order valence-electron chi connectivity index (χ0n) is 16.1. The van der Waals surface area contributed by atoms with Gasteiger partial charge in [0.2, 0.25) is 0 Å². The minimum absolute atomic E-state index is 0.322. The number of aliphatic hydroxyl groups excluding tert-OH is 1. The van der Waals surface area contributed by atoms with Crippen molar-refractivity contribution >= 4 is 27.8 Å². The lowest BCUT2D eigenvalue weighted by atomic mass is 9.46. The summed E-state index contributed by atoms with van der Waals surface area (Å²) in [5.74, 6) is -1.13. The van der Waals surface area contributed by atoms with Crippen LogP contribution in [0.5, 0.6) is 0 Å². The molecule has 0 spiro atoms. The molecule has 1 saturated carbocycles. The molecule has 1 aromatic heterocycles. The summed E-state index contributed by atoms with van der Waals surface area (Å²) in [5, 5.41) is 34.6. The van der Waals surface area contributed by atoms with E-state index in [0.29, 0.717) is 25.7 Å². The van der Waals surface area contributed by atoms with Crippen LogP contribution in [0.2, 0.25) is 0 Å². The highest BCUT2D eigenvalue weighted by Crippen LogP contribution is 2.60. The van der Waals surface area contributed by atoms with Gasteiger partial charge >= 0.3 is 5.97 Å². The van der Waals surface area contributed by atoms with Gasteiger partial charge in [-0.1, -0.05) is 25.1 Å². The van der Waals surface area contributed by atoms with Crippen molar-refractivity contribution in [3.63, 3.8) is 0 Å². The number of nitrogens with one attached hydrogen (secondary N) is 1. The fraction of sp³-hybridized carbons (Fsp3) is 0.435. The lowest BCUT2D eigenvalue weighted by Gasteiger charge is -2.61. The van der Waals surface area contributed by atoms with E-state index in [-0.39, 0.29) is 0 Å². The van der Waals surface area contributed by atoms with Crippen LogP contribution in [-0.4, -0.2) is 38.0 Å². The first-order valence-electron chi connectivity index (χ1n) is 9.90. The van der Waals surface area contributed by atoms with E-state index in [9.17, 15) is 20.1 Å². The first-order chi connectivity index (χ1) is 13.2. The molecule has 146 valence electrons. The van der Waals surface area contributed by atoms with Crippen molar-refractivity contribution in [2.24, 2.45) is 5.41 Å². The number of aromatic nitrogens is 1. The van der Waals surface area contributed by atoms with Gasteiger partial charge in [-0.2, -0.15) is 0 Å². The molecule has 4 unspecified atom stereocenters. The van der Waals surface area contributed by atoms with Crippen LogP contribution in [0.3, 0.4) is 0 Å². The molecule has 0 bridgehead atoms. The monoisotopic (exact) mass is 379 g/mol. The fourth-order valence-electron chi connectivity index (χ4n) is 5.96. The van der Waals surface area contributed by atoms with Crippen molar-refractivity contribution in [1.82, 2.24) is 4.98 Å². The summed E-state index contributed by atoms with van der Waals surface area (Å²) in [7, 11) is 0. The van der Waals surface area contributed by atoms with Crippen LogP contribution in [0.4, 0.5) is 0 Å². The van der Waals surface area contributed by atoms with Gasteiger partial charge in [0.05, 0.1) is 11.7 Å². The lowest BCUT2D eigenvalue weighted by molar-refractivity contribution is -0.223. The Kier molecular flexibility index (Phi) is 3.39. The first kappa shape index (κ1) is 17.7. The molecule has 2 aliphatic rings. The summed E-state index contributed by atoms with van der Waals surface area (Å²) >= 11 is 0. The van der Waals surface area contributed by atoms with E-state index < -0.39 is 28.5 Å². The van der Waals surface area contributed by atoms with Gasteiger partial charge < -0.3 is 20.3 Å². The topological polar surface area (TPSA) is 93.6 Å². The van der Waals surface area contributed by atoms with Crippen molar-refractivity contribution in [3.8, 4) is 0 Å². The Balaban J connectivity index is 1.79. The molecule has 4 N–H and O–H groups in total. The number of hydrogen-bond donors (Lipinski definition) is 4. The Hall–Kier alpha value is -2.37. The van der Waals surface area contributed by atoms with Gasteiger partial charge in [-0.15, -0.1) is 0 Å². The molecule has 1 heterocycles. The van der Waals surface area contributed by atoms with Crippen molar-refractivity contribution < 1.29 is 20.1 Å². The van der Waals surface area contributed by atoms with Crippen molar-refractivity contribution in [3.05, 3.63) is 47.5 Å². The van der Waals surface area contributed by atoms with Gasteiger partial charge in [0.25, 0.3) is 0 Å². The molecule has 0 radical (unpaired) electrons. The molecular formula is C23H25NO4. The molecule has 3 aromatic rings. The van der Waals surface area contributed by atoms with Gasteiger partial charge in [0, 0.05) is 27.2 Å². The number of benzene rings is 2. The molecular weight excluding hydrogens is 354 g/mol. The van der Waals surface area contributed by atoms with Crippen LogP contribution in [0, 0.1) is 5.41 Å². The number of fused-ring (bicyclic) bond motifs is 6. The zero-order valence-corrected chi connectivity index (χ0v) is 16.1. The SMILES string of the molecule is CC12CCC(O)C(C)(C(=O)O)C1(O)CCc1cc3[nH]c4ccccc4c3cc12. The smallest absolute Gasteiger partial charge is 0.314 e. The van der Waals surface area contributed by atoms with Crippen LogP contribution < -0.4 is 0 Å². The molecule has 0 saturated heterocycles. The largest absolute Gasteiger partial charge is 0.481 e. The van der Waals surface area contributed by atoms with E-state index in [0.717, 1.165) is 32.9 Å². The molecule has 5 rings (SSSR count). The molecule has 2 aromatic carbocycles. The highest BCUT2D eigenvalue weighted by molar-refractivity contribution is 6.07. The average molecular weight is 379 g/mol. The highest BCUT2D eigenvalue weighted by atomic mass is 16.4. The summed E-state index contributed by atoms with van der Waals surface area (Å²) in [6.07, 6.45) is 0.743. The number of hydrogen-bond acceptors (Lipinski definition) is 3. The van der Waals surface area contributed by atoms with E-state index >= 15 is 0 Å². The van der Waals surface area contributed by atoms with E-state index in [1.54, 1.807) is 0 Å². The molecule has 5 nitrogen and oxygen atoms in total. The van der Waals surface area contributed by atoms with Crippen molar-refractivity contribution in [2.45, 2.75) is 56.7 Å². The quantitative estimate of drug-likeness (QED) is 0.521. The van der Waals surface area contributed by atoms with Crippen LogP contribution in [0.15, 0.2) is 36.4 Å². The number of aromatic amines is 1. The molecule has 0 aliphatic heterocycles. The number of aliphatic hydroxyl groups is 2. The number of carbonyl (C=O) groups is 1. The van der Waals surface area contributed by atoms with Crippen LogP contribution in [-0.2, 0) is 16.6 Å². The third-order valence-corrected chi connectivity index (χ3v) is 7.88. The first-order valence-corrected chi connectivity index (χ1v) is 9.90. The maximum atomic E-state index is 12.2. The van der Waals surface area contributed by atoms with E-state index in [1.807, 2.05) is 25.1 Å². The highest BCUT2D eigenvalue weighted by Gasteiger charge is 2.68. The van der Waals surface area contributed by atoms with E-state index in [2.05, 4.69) is 23.2 Å². The summed E-state index contributed by atoms with van der Waals surface area (Å²) < 4.78 is 0. The van der Waals surface area contributed by atoms with Crippen LogP contribution in [0.1, 0.15) is 44.2 Å². The van der Waals surface area contributed by atoms with Crippen molar-refractivity contribution in [1.29, 1.82) is 0 Å². The van der Waals surface area contributed by atoms with Gasteiger partial charge in [-0.25, -0.2) is 0 Å². The zero-order chi connectivity index (χ0) is 19.9. The number of para-hydroxylation sites is 1. The maximum absolute atomic E-state index is 12.2. The number of aliphatic carboxylic acids is 1. The molecule has 0 amide bonds. The number of aryl methyl sites for hydroxylation is 1. The summed E-state index contributed by atoms with van der Waals surface area (Å²) in [6.45, 7) is 3.48. The Morgan fingerprint density at radius 2 is 1.86 bits per heavy atom. The molecule has 28 heavy (non-hydrogen) atoms. The molecule has 2 aliphatic carbocycles. The third kappa shape index (κ3) is 1.86. The summed E-state index contributed by atoms with van der Waals surface area (Å²) in [6, 6.07) is 12.4. The Morgan fingerprint density at radius 3 is 2.61 bits per heavy atom. The van der Waals surface area contributed by atoms with Gasteiger partial charge in [0.15, 0.2) is 0 Å². The normalized spacial score (nSPS) is 34.9. The van der Waals surface area contributed by atoms with Crippen LogP contribution in [0.25, 0.3) is 21.8 Å². The predicted molar refractivity (Wildman–Crippen MR) is 107 cm³/mol. The second kappa shape index (κ2) is 5.37. The molecule has 4 atom stereocenters. The summed E-state index contributed by atoms with van der Waals surface area (Å²) in [5.41, 5.74) is 0.427. The maximum Gasteiger partial charge on any atom is 0.314 e. The van der Waals surface area contributed by atoms with Crippen LogP contribution >= 0.6 is 0 Å². The van der Waals surface area contributed by atoms with Gasteiger partial charge in [0.1, 0.15) is 5.41 Å². The Morgan fingerprint density at radius 1 is 1.11 bits per heavy atom. The second-order valence-electron chi connectivity index (χ2n) is 8.98. The number of carboxylic acids is 1. The Bertz CT molecular complexity index is 1130. The number of carboxylic acid groups (broad SMARTS) is 1. The molecule has 5 heteroatoms. The van der Waals surface area contributed by atoms with Gasteiger partial charge in [-0.05, 0) is 61.9 Å². The predicted octanol–water partition coefficient (Wildman–Crippen LogP) is 3.50. The van der Waals surface area contributed by atoms with E-state index in [4.69, 9.17) is 0 Å². The molecule has 1 fully saturated rings. The minimum Gasteiger partial charge on any atom is -0.481 e. The average Bonchev–Trinajstić information content (AvgIpc) is 3.04. The minimum atomic E-state index is -1.60. The lowest BCUT2D eigenvalue weighted by Crippen LogP contribution is -2.71. The third-order valence-electron chi connectivity index (χ3n) is 7.88.